The number of benzene rings is 1. The second kappa shape index (κ2) is 4.87. The molecule has 0 aliphatic heterocycles. The van der Waals surface area contributed by atoms with Crippen molar-refractivity contribution in [1.29, 1.82) is 0 Å². The van der Waals surface area contributed by atoms with Crippen molar-refractivity contribution < 1.29 is 9.90 Å². The third-order valence-electron chi connectivity index (χ3n) is 1.77. The Morgan fingerprint density at radius 1 is 1.38 bits per heavy atom. The van der Waals surface area contributed by atoms with E-state index >= 15 is 0 Å². The fraction of sp³-hybridized carbons (Fsp3) is 0.300. The van der Waals surface area contributed by atoms with E-state index in [0.717, 1.165) is 5.56 Å². The molecule has 70 valence electrons. The van der Waals surface area contributed by atoms with Gasteiger partial charge in [-0.15, -0.1) is 11.6 Å². The van der Waals surface area contributed by atoms with E-state index in [2.05, 4.69) is 0 Å². The van der Waals surface area contributed by atoms with E-state index in [-0.39, 0.29) is 11.8 Å². The summed E-state index contributed by atoms with van der Waals surface area (Å²) in [5, 5.41) is 8.25. The first-order valence-corrected chi connectivity index (χ1v) is 4.54. The summed E-state index contributed by atoms with van der Waals surface area (Å²) < 4.78 is 0. The van der Waals surface area contributed by atoms with Crippen molar-refractivity contribution in [3.63, 3.8) is 0 Å². The molecule has 1 aromatic rings. The number of carboxylic acids is 1. The predicted molar refractivity (Wildman–Crippen MR) is 51.9 cm³/mol. The number of halogens is 1. The molecule has 0 aliphatic carbocycles. The minimum Gasteiger partial charge on any atom is -0.481 e. The first-order valence-electron chi connectivity index (χ1n) is 4.11. The molecular formula is C10H11ClO2. The average Bonchev–Trinajstić information content (AvgIpc) is 2.15. The van der Waals surface area contributed by atoms with Gasteiger partial charge in [-0.05, 0) is 12.0 Å². The van der Waals surface area contributed by atoms with Crippen LogP contribution in [0, 0.1) is 0 Å². The zero-order valence-corrected chi connectivity index (χ0v) is 7.87. The summed E-state index contributed by atoms with van der Waals surface area (Å²) in [5.41, 5.74) is 0.977. The molecular weight excluding hydrogens is 188 g/mol. The minimum absolute atomic E-state index is 0.114. The molecule has 0 amide bonds. The number of alkyl halides is 1. The highest BCUT2D eigenvalue weighted by molar-refractivity contribution is 6.20. The highest BCUT2D eigenvalue weighted by atomic mass is 35.5. The minimum atomic E-state index is -0.804. The van der Waals surface area contributed by atoms with E-state index in [4.69, 9.17) is 16.7 Å². The van der Waals surface area contributed by atoms with Crippen LogP contribution in [0.4, 0.5) is 0 Å². The van der Waals surface area contributed by atoms with Gasteiger partial charge in [0.15, 0.2) is 0 Å². The van der Waals surface area contributed by atoms with Crippen molar-refractivity contribution in [2.75, 3.05) is 0 Å². The van der Waals surface area contributed by atoms with Gasteiger partial charge in [-0.2, -0.15) is 0 Å². The Hall–Kier alpha value is -1.02. The largest absolute Gasteiger partial charge is 0.481 e. The average molecular weight is 199 g/mol. The molecule has 2 nitrogen and oxygen atoms in total. The van der Waals surface area contributed by atoms with E-state index in [9.17, 15) is 4.79 Å². The zero-order chi connectivity index (χ0) is 9.68. The van der Waals surface area contributed by atoms with E-state index in [1.807, 2.05) is 30.3 Å². The predicted octanol–water partition coefficient (Wildman–Crippen LogP) is 2.83. The topological polar surface area (TPSA) is 37.3 Å². The summed E-state index contributed by atoms with van der Waals surface area (Å²) in [6.07, 6.45) is 0.587. The summed E-state index contributed by atoms with van der Waals surface area (Å²) >= 11 is 5.99. The lowest BCUT2D eigenvalue weighted by atomic mass is 10.1. The first-order chi connectivity index (χ1) is 6.20. The Bertz CT molecular complexity index is 272. The Balaban J connectivity index is 2.49. The highest BCUT2D eigenvalue weighted by Gasteiger charge is 2.08. The molecule has 0 saturated carbocycles. The number of aliphatic carboxylic acids is 1. The molecule has 1 aromatic carbocycles. The van der Waals surface area contributed by atoms with Gasteiger partial charge in [-0.1, -0.05) is 30.3 Å². The maximum Gasteiger partial charge on any atom is 0.303 e. The Labute approximate surface area is 82.2 Å². The quantitative estimate of drug-likeness (QED) is 0.756. The molecule has 0 bridgehead atoms. The molecule has 13 heavy (non-hydrogen) atoms. The van der Waals surface area contributed by atoms with Gasteiger partial charge >= 0.3 is 5.97 Å². The highest BCUT2D eigenvalue weighted by Crippen LogP contribution is 2.24. The van der Waals surface area contributed by atoms with Crippen molar-refractivity contribution in [2.45, 2.75) is 18.2 Å². The molecule has 0 spiro atoms. The Morgan fingerprint density at radius 3 is 2.54 bits per heavy atom. The van der Waals surface area contributed by atoms with Gasteiger partial charge in [0, 0.05) is 6.42 Å². The van der Waals surface area contributed by atoms with Crippen molar-refractivity contribution in [1.82, 2.24) is 0 Å². The van der Waals surface area contributed by atoms with E-state index in [0.29, 0.717) is 6.42 Å². The summed E-state index contributed by atoms with van der Waals surface area (Å²) in [6, 6.07) is 9.50. The molecule has 1 atom stereocenters. The van der Waals surface area contributed by atoms with Crippen molar-refractivity contribution in [3.05, 3.63) is 35.9 Å². The van der Waals surface area contributed by atoms with Crippen molar-refractivity contribution >= 4 is 17.6 Å². The van der Waals surface area contributed by atoms with Gasteiger partial charge in [0.25, 0.3) is 0 Å². The lowest BCUT2D eigenvalue weighted by molar-refractivity contribution is -0.137. The van der Waals surface area contributed by atoms with Crippen molar-refractivity contribution in [2.24, 2.45) is 0 Å². The van der Waals surface area contributed by atoms with Crippen LogP contribution in [0.1, 0.15) is 23.8 Å². The smallest absolute Gasteiger partial charge is 0.303 e. The Kier molecular flexibility index (Phi) is 3.77. The van der Waals surface area contributed by atoms with Crippen LogP contribution in [-0.4, -0.2) is 11.1 Å². The molecule has 0 fully saturated rings. The molecule has 0 aliphatic rings. The van der Waals surface area contributed by atoms with E-state index in [1.54, 1.807) is 0 Å². The third-order valence-corrected chi connectivity index (χ3v) is 2.24. The van der Waals surface area contributed by atoms with Gasteiger partial charge in [-0.25, -0.2) is 0 Å². The maximum absolute atomic E-state index is 10.3. The summed E-state index contributed by atoms with van der Waals surface area (Å²) in [5.74, 6) is -0.804. The standard InChI is InChI=1S/C10H11ClO2/c11-9(6-7-10(12)13)8-4-2-1-3-5-8/h1-5,9H,6-7H2,(H,12,13)/t9-/m0/s1. The first kappa shape index (κ1) is 10.1. The second-order valence-corrected chi connectivity index (χ2v) is 3.34. The lowest BCUT2D eigenvalue weighted by Gasteiger charge is -2.06. The van der Waals surface area contributed by atoms with Crippen LogP contribution in [0.3, 0.4) is 0 Å². The number of carbonyl (C=O) groups is 1. The van der Waals surface area contributed by atoms with Crippen LogP contribution in [-0.2, 0) is 4.79 Å². The fourth-order valence-electron chi connectivity index (χ4n) is 1.08. The monoisotopic (exact) mass is 198 g/mol. The van der Waals surface area contributed by atoms with Crippen molar-refractivity contribution in [3.8, 4) is 0 Å². The fourth-order valence-corrected chi connectivity index (χ4v) is 1.33. The van der Waals surface area contributed by atoms with Gasteiger partial charge in [0.05, 0.1) is 5.38 Å². The van der Waals surface area contributed by atoms with Crippen LogP contribution in [0.15, 0.2) is 30.3 Å². The van der Waals surface area contributed by atoms with Crippen LogP contribution < -0.4 is 0 Å². The van der Waals surface area contributed by atoms with E-state index in [1.165, 1.54) is 0 Å². The normalized spacial score (nSPS) is 12.4. The zero-order valence-electron chi connectivity index (χ0n) is 7.11. The summed E-state index contributed by atoms with van der Waals surface area (Å²) in [7, 11) is 0. The van der Waals surface area contributed by atoms with Crippen LogP contribution in [0.25, 0.3) is 0 Å². The van der Waals surface area contributed by atoms with Gasteiger partial charge in [-0.3, -0.25) is 4.79 Å². The van der Waals surface area contributed by atoms with Gasteiger partial charge in [0.1, 0.15) is 0 Å². The maximum atomic E-state index is 10.3. The van der Waals surface area contributed by atoms with Gasteiger partial charge in [0.2, 0.25) is 0 Å². The molecule has 1 N–H and O–H groups in total. The number of rotatable bonds is 4. The van der Waals surface area contributed by atoms with Crippen LogP contribution in [0.2, 0.25) is 0 Å². The molecule has 0 heterocycles. The molecule has 0 saturated heterocycles. The lowest BCUT2D eigenvalue weighted by Crippen LogP contribution is -1.98. The number of hydrogen-bond acceptors (Lipinski definition) is 1. The molecule has 1 rings (SSSR count). The molecule has 0 unspecified atom stereocenters. The SMILES string of the molecule is O=C(O)CC[C@H](Cl)c1ccccc1. The van der Waals surface area contributed by atoms with Gasteiger partial charge < -0.3 is 5.11 Å². The second-order valence-electron chi connectivity index (χ2n) is 2.81. The number of hydrogen-bond donors (Lipinski definition) is 1. The summed E-state index contributed by atoms with van der Waals surface area (Å²) in [6.45, 7) is 0. The van der Waals surface area contributed by atoms with Crippen LogP contribution >= 0.6 is 11.6 Å². The Morgan fingerprint density at radius 2 is 2.00 bits per heavy atom. The number of carboxylic acid groups (broad SMARTS) is 1. The molecule has 3 heteroatoms. The molecule has 0 radical (unpaired) electrons. The van der Waals surface area contributed by atoms with E-state index < -0.39 is 5.97 Å². The summed E-state index contributed by atoms with van der Waals surface area (Å²) in [4.78, 5) is 10.3. The van der Waals surface area contributed by atoms with Crippen LogP contribution in [0.5, 0.6) is 0 Å². The molecule has 0 aromatic heterocycles. The third kappa shape index (κ3) is 3.47.